The van der Waals surface area contributed by atoms with Crippen molar-refractivity contribution in [1.82, 2.24) is 19.6 Å². The van der Waals surface area contributed by atoms with Gasteiger partial charge in [0, 0.05) is 16.8 Å². The third-order valence-corrected chi connectivity index (χ3v) is 6.43. The van der Waals surface area contributed by atoms with Crippen molar-refractivity contribution in [1.29, 1.82) is 0 Å². The molecule has 2 aromatic carbocycles. The van der Waals surface area contributed by atoms with Crippen LogP contribution in [0.4, 0.5) is 5.82 Å². The lowest BCUT2D eigenvalue weighted by atomic mass is 10.1. The fourth-order valence-corrected chi connectivity index (χ4v) is 3.96. The van der Waals surface area contributed by atoms with Crippen molar-refractivity contribution in [2.45, 2.75) is 26.9 Å². The Morgan fingerprint density at radius 3 is 2.22 bits per heavy atom. The van der Waals surface area contributed by atoms with Crippen LogP contribution in [0.3, 0.4) is 0 Å². The second-order valence-corrected chi connectivity index (χ2v) is 9.11. The van der Waals surface area contributed by atoms with Crippen LogP contribution in [0.5, 0.6) is 0 Å². The fourth-order valence-electron chi connectivity index (χ4n) is 3.28. The third-order valence-electron chi connectivity index (χ3n) is 5.05. The van der Waals surface area contributed by atoms with Gasteiger partial charge in [0.2, 0.25) is 0 Å². The molecule has 2 aromatic heterocycles. The van der Waals surface area contributed by atoms with Crippen molar-refractivity contribution in [3.8, 4) is 0 Å². The van der Waals surface area contributed by atoms with Crippen molar-refractivity contribution in [3.63, 3.8) is 0 Å². The Labute approximate surface area is 204 Å². The molecule has 4 aromatic rings. The smallest absolute Gasteiger partial charge is 0.256 e. The maximum Gasteiger partial charge on any atom is 0.256 e. The van der Waals surface area contributed by atoms with Gasteiger partial charge in [-0.3, -0.25) is 14.2 Å². The highest BCUT2D eigenvalue weighted by atomic mass is 79.9. The van der Waals surface area contributed by atoms with Crippen LogP contribution in [-0.4, -0.2) is 25.5 Å². The molecule has 1 N–H and O–H groups in total. The number of amides is 1. The first-order chi connectivity index (χ1) is 15.3. The van der Waals surface area contributed by atoms with E-state index in [0.29, 0.717) is 39.0 Å². The summed E-state index contributed by atoms with van der Waals surface area (Å²) in [6, 6.07) is 15.0. The van der Waals surface area contributed by atoms with Gasteiger partial charge in [0.05, 0.1) is 34.0 Å². The van der Waals surface area contributed by atoms with Gasteiger partial charge < -0.3 is 5.32 Å². The van der Waals surface area contributed by atoms with Crippen LogP contribution in [-0.2, 0) is 13.1 Å². The quantitative estimate of drug-likeness (QED) is 0.325. The number of halogens is 3. The molecule has 4 rings (SSSR count). The molecular weight excluding hydrogens is 513 g/mol. The van der Waals surface area contributed by atoms with Gasteiger partial charge >= 0.3 is 0 Å². The van der Waals surface area contributed by atoms with Crippen LogP contribution >= 0.6 is 39.1 Å². The first-order valence-corrected chi connectivity index (χ1v) is 11.4. The first-order valence-electron chi connectivity index (χ1n) is 9.87. The molecule has 164 valence electrons. The summed E-state index contributed by atoms with van der Waals surface area (Å²) in [4.78, 5) is 12.7. The Balaban J connectivity index is 1.42. The monoisotopic (exact) mass is 531 g/mol. The summed E-state index contributed by atoms with van der Waals surface area (Å²) in [7, 11) is 0. The number of rotatable bonds is 6. The Hall–Kier alpha value is -2.61. The second-order valence-electron chi connectivity index (χ2n) is 7.44. The average Bonchev–Trinajstić information content (AvgIpc) is 3.23. The Bertz CT molecular complexity index is 1260. The van der Waals surface area contributed by atoms with E-state index in [1.165, 1.54) is 0 Å². The molecule has 2 heterocycles. The van der Waals surface area contributed by atoms with Gasteiger partial charge in [-0.15, -0.1) is 0 Å². The normalized spacial score (nSPS) is 11.0. The van der Waals surface area contributed by atoms with Gasteiger partial charge in [0.25, 0.3) is 5.91 Å². The van der Waals surface area contributed by atoms with E-state index in [-0.39, 0.29) is 5.91 Å². The molecule has 9 heteroatoms. The molecule has 0 aliphatic rings. The van der Waals surface area contributed by atoms with Crippen molar-refractivity contribution in [2.24, 2.45) is 0 Å². The van der Waals surface area contributed by atoms with Crippen LogP contribution in [0.15, 0.2) is 59.2 Å². The van der Waals surface area contributed by atoms with E-state index in [1.54, 1.807) is 16.8 Å². The molecular formula is C23H20BrCl2N5O. The molecule has 0 unspecified atom stereocenters. The molecule has 0 bridgehead atoms. The Morgan fingerprint density at radius 1 is 0.969 bits per heavy atom. The van der Waals surface area contributed by atoms with Crippen molar-refractivity contribution in [3.05, 3.63) is 97.3 Å². The molecule has 0 radical (unpaired) electrons. The average molecular weight is 533 g/mol. The fraction of sp³-hybridized carbons (Fsp3) is 0.174. The van der Waals surface area contributed by atoms with Crippen LogP contribution in [0, 0.1) is 13.8 Å². The minimum Gasteiger partial charge on any atom is -0.304 e. The lowest BCUT2D eigenvalue weighted by Crippen LogP contribution is -2.13. The summed E-state index contributed by atoms with van der Waals surface area (Å²) in [6.07, 6.45) is 1.83. The predicted octanol–water partition coefficient (Wildman–Crippen LogP) is 6.11. The molecule has 6 nitrogen and oxygen atoms in total. The predicted molar refractivity (Wildman–Crippen MR) is 131 cm³/mol. The van der Waals surface area contributed by atoms with Crippen molar-refractivity contribution >= 4 is 50.9 Å². The van der Waals surface area contributed by atoms with E-state index in [1.807, 2.05) is 61.1 Å². The van der Waals surface area contributed by atoms with Crippen molar-refractivity contribution < 1.29 is 4.79 Å². The lowest BCUT2D eigenvalue weighted by Gasteiger charge is -2.07. The summed E-state index contributed by atoms with van der Waals surface area (Å²) in [5.74, 6) is 0.230. The molecule has 0 saturated heterocycles. The minimum absolute atomic E-state index is 0.233. The van der Waals surface area contributed by atoms with Gasteiger partial charge in [-0.2, -0.15) is 10.2 Å². The molecule has 0 aliphatic heterocycles. The number of carbonyl (C=O) groups is 1. The molecule has 0 spiro atoms. The molecule has 0 aliphatic carbocycles. The van der Waals surface area contributed by atoms with Gasteiger partial charge in [-0.1, -0.05) is 47.5 Å². The second kappa shape index (κ2) is 9.48. The number of nitrogens with one attached hydrogen (secondary N) is 1. The summed E-state index contributed by atoms with van der Waals surface area (Å²) in [5, 5.41) is 13.1. The van der Waals surface area contributed by atoms with E-state index >= 15 is 0 Å². The SMILES string of the molecule is Cc1nn(Cc2ccc(C(=O)Nc3nn(Cc4ccc(Cl)cc4)cc3Br)cc2)c(C)c1Cl. The van der Waals surface area contributed by atoms with Crippen LogP contribution in [0.1, 0.15) is 32.9 Å². The standard InChI is InChI=1S/C23H20BrCl2N5O/c1-14-21(26)15(2)31(28-14)12-17-3-7-18(8-4-17)23(32)27-22-20(24)13-30(29-22)11-16-5-9-19(25)10-6-16/h3-10,13H,11-12H2,1-2H3,(H,27,29,32). The van der Waals surface area contributed by atoms with Gasteiger partial charge in [0.15, 0.2) is 5.82 Å². The topological polar surface area (TPSA) is 64.7 Å². The summed E-state index contributed by atoms with van der Waals surface area (Å²) in [6.45, 7) is 4.97. The lowest BCUT2D eigenvalue weighted by molar-refractivity contribution is 0.102. The molecule has 0 atom stereocenters. The Morgan fingerprint density at radius 2 is 1.59 bits per heavy atom. The summed E-state index contributed by atoms with van der Waals surface area (Å²) in [5.41, 5.74) is 4.35. The highest BCUT2D eigenvalue weighted by molar-refractivity contribution is 9.10. The van der Waals surface area contributed by atoms with Gasteiger partial charge in [-0.05, 0) is 65.2 Å². The zero-order chi connectivity index (χ0) is 22.8. The number of anilines is 1. The van der Waals surface area contributed by atoms with Crippen LogP contribution in [0.25, 0.3) is 0 Å². The zero-order valence-corrected chi connectivity index (χ0v) is 20.5. The van der Waals surface area contributed by atoms with E-state index in [0.717, 1.165) is 22.5 Å². The number of benzene rings is 2. The highest BCUT2D eigenvalue weighted by Gasteiger charge is 2.13. The zero-order valence-electron chi connectivity index (χ0n) is 17.4. The largest absolute Gasteiger partial charge is 0.304 e. The van der Waals surface area contributed by atoms with Crippen LogP contribution < -0.4 is 5.32 Å². The number of hydrogen-bond acceptors (Lipinski definition) is 3. The minimum atomic E-state index is -0.233. The number of aryl methyl sites for hydroxylation is 1. The molecule has 0 saturated carbocycles. The van der Waals surface area contributed by atoms with E-state index in [2.05, 4.69) is 31.4 Å². The first kappa shape index (κ1) is 22.6. The number of nitrogens with zero attached hydrogens (tertiary/aromatic N) is 4. The summed E-state index contributed by atoms with van der Waals surface area (Å²) >= 11 is 15.6. The Kier molecular flexibility index (Phi) is 6.69. The van der Waals surface area contributed by atoms with E-state index in [4.69, 9.17) is 23.2 Å². The molecule has 1 amide bonds. The maximum absolute atomic E-state index is 12.7. The van der Waals surface area contributed by atoms with Gasteiger partial charge in [0.1, 0.15) is 0 Å². The van der Waals surface area contributed by atoms with E-state index < -0.39 is 0 Å². The third kappa shape index (κ3) is 5.06. The maximum atomic E-state index is 12.7. The van der Waals surface area contributed by atoms with Crippen LogP contribution in [0.2, 0.25) is 10.0 Å². The summed E-state index contributed by atoms with van der Waals surface area (Å²) < 4.78 is 4.32. The molecule has 32 heavy (non-hydrogen) atoms. The van der Waals surface area contributed by atoms with Gasteiger partial charge in [-0.25, -0.2) is 0 Å². The number of carbonyl (C=O) groups excluding carboxylic acids is 1. The number of aromatic nitrogens is 4. The van der Waals surface area contributed by atoms with Crippen molar-refractivity contribution in [2.75, 3.05) is 5.32 Å². The highest BCUT2D eigenvalue weighted by Crippen LogP contribution is 2.23. The molecule has 0 fully saturated rings. The van der Waals surface area contributed by atoms with E-state index in [9.17, 15) is 4.79 Å². The number of hydrogen-bond donors (Lipinski definition) is 1.